The molecule has 5 nitrogen and oxygen atoms in total. The first-order valence-electron chi connectivity index (χ1n) is 9.57. The predicted octanol–water partition coefficient (Wildman–Crippen LogP) is 4.09. The Kier molecular flexibility index (Phi) is 6.81. The normalized spacial score (nSPS) is 15.0. The number of rotatable bonds is 6. The number of methoxy groups -OCH3 is 1. The summed E-state index contributed by atoms with van der Waals surface area (Å²) in [5.74, 6) is 1.42. The van der Waals surface area contributed by atoms with Gasteiger partial charge in [-0.2, -0.15) is 0 Å². The third kappa shape index (κ3) is 5.18. The Morgan fingerprint density at radius 1 is 1.07 bits per heavy atom. The molecular weight excluding hydrogens is 376 g/mol. The summed E-state index contributed by atoms with van der Waals surface area (Å²) in [6.45, 7) is 7.79. The van der Waals surface area contributed by atoms with Gasteiger partial charge in [-0.1, -0.05) is 23.7 Å². The maximum Gasteiger partial charge on any atom is 0.257 e. The molecule has 0 aromatic heterocycles. The van der Waals surface area contributed by atoms with E-state index in [2.05, 4.69) is 17.0 Å². The fourth-order valence-corrected chi connectivity index (χ4v) is 3.47. The molecule has 1 saturated heterocycles. The smallest absolute Gasteiger partial charge is 0.257 e. The van der Waals surface area contributed by atoms with Gasteiger partial charge in [0.1, 0.15) is 11.5 Å². The van der Waals surface area contributed by atoms with E-state index in [4.69, 9.17) is 21.1 Å². The first-order chi connectivity index (χ1) is 13.5. The van der Waals surface area contributed by atoms with E-state index >= 15 is 0 Å². The van der Waals surface area contributed by atoms with E-state index in [1.807, 2.05) is 30.9 Å². The SMILES string of the molecule is COc1ccc(CN2CCN(C(=O)c3cc(Cl)ccc3OC(C)C)CC2)cc1. The zero-order chi connectivity index (χ0) is 20.1. The third-order valence-electron chi connectivity index (χ3n) is 4.76. The maximum atomic E-state index is 13.0. The molecule has 0 saturated carbocycles. The molecule has 2 aromatic carbocycles. The van der Waals surface area contributed by atoms with Crippen molar-refractivity contribution in [2.75, 3.05) is 33.3 Å². The monoisotopic (exact) mass is 402 g/mol. The van der Waals surface area contributed by atoms with E-state index in [9.17, 15) is 4.79 Å². The van der Waals surface area contributed by atoms with Gasteiger partial charge in [0.05, 0.1) is 18.8 Å². The van der Waals surface area contributed by atoms with Crippen molar-refractivity contribution in [2.24, 2.45) is 0 Å². The van der Waals surface area contributed by atoms with Crippen LogP contribution in [0.4, 0.5) is 0 Å². The fourth-order valence-electron chi connectivity index (χ4n) is 3.29. The highest BCUT2D eigenvalue weighted by molar-refractivity contribution is 6.31. The first kappa shape index (κ1) is 20.5. The molecule has 0 spiro atoms. The minimum absolute atomic E-state index is 0.00549. The molecule has 0 radical (unpaired) electrons. The number of hydrogen-bond donors (Lipinski definition) is 0. The van der Waals surface area contributed by atoms with Crippen molar-refractivity contribution in [1.29, 1.82) is 0 Å². The predicted molar refractivity (Wildman–Crippen MR) is 111 cm³/mol. The van der Waals surface area contributed by atoms with Crippen LogP contribution in [0, 0.1) is 0 Å². The van der Waals surface area contributed by atoms with Crippen LogP contribution in [0.15, 0.2) is 42.5 Å². The minimum atomic E-state index is -0.0257. The molecular formula is C22H27ClN2O3. The molecule has 1 heterocycles. The Balaban J connectivity index is 1.61. The third-order valence-corrected chi connectivity index (χ3v) is 4.99. The lowest BCUT2D eigenvalue weighted by Gasteiger charge is -2.35. The Hall–Kier alpha value is -2.24. The molecule has 1 aliphatic heterocycles. The molecule has 3 rings (SSSR count). The van der Waals surface area contributed by atoms with E-state index < -0.39 is 0 Å². The zero-order valence-electron chi connectivity index (χ0n) is 16.7. The van der Waals surface area contributed by atoms with E-state index in [-0.39, 0.29) is 12.0 Å². The summed E-state index contributed by atoms with van der Waals surface area (Å²) < 4.78 is 11.0. The lowest BCUT2D eigenvalue weighted by atomic mass is 10.1. The lowest BCUT2D eigenvalue weighted by molar-refractivity contribution is 0.0623. The summed E-state index contributed by atoms with van der Waals surface area (Å²) in [5.41, 5.74) is 1.77. The van der Waals surface area contributed by atoms with Gasteiger partial charge < -0.3 is 14.4 Å². The standard InChI is InChI=1S/C22H27ClN2O3/c1-16(2)28-21-9-6-18(23)14-20(21)22(26)25-12-10-24(11-13-25)15-17-4-7-19(27-3)8-5-17/h4-9,14,16H,10-13,15H2,1-3H3. The summed E-state index contributed by atoms with van der Waals surface area (Å²) >= 11 is 6.13. The average Bonchev–Trinajstić information content (AvgIpc) is 2.69. The van der Waals surface area contributed by atoms with E-state index in [1.165, 1.54) is 5.56 Å². The van der Waals surface area contributed by atoms with Gasteiger partial charge in [0.15, 0.2) is 0 Å². The maximum absolute atomic E-state index is 13.0. The second-order valence-corrected chi connectivity index (χ2v) is 7.66. The average molecular weight is 403 g/mol. The summed E-state index contributed by atoms with van der Waals surface area (Å²) in [6.07, 6.45) is -0.00549. The summed E-state index contributed by atoms with van der Waals surface area (Å²) in [4.78, 5) is 17.3. The minimum Gasteiger partial charge on any atom is -0.497 e. The number of ether oxygens (including phenoxy) is 2. The van der Waals surface area contributed by atoms with Crippen LogP contribution in [-0.2, 0) is 6.54 Å². The molecule has 0 unspecified atom stereocenters. The number of hydrogen-bond acceptors (Lipinski definition) is 4. The van der Waals surface area contributed by atoms with Gasteiger partial charge in [-0.05, 0) is 49.7 Å². The van der Waals surface area contributed by atoms with Crippen LogP contribution < -0.4 is 9.47 Å². The van der Waals surface area contributed by atoms with Crippen LogP contribution in [0.1, 0.15) is 29.8 Å². The van der Waals surface area contributed by atoms with Gasteiger partial charge in [-0.3, -0.25) is 9.69 Å². The molecule has 28 heavy (non-hydrogen) atoms. The van der Waals surface area contributed by atoms with Gasteiger partial charge in [0.2, 0.25) is 0 Å². The van der Waals surface area contributed by atoms with Gasteiger partial charge in [-0.15, -0.1) is 0 Å². The number of amides is 1. The van der Waals surface area contributed by atoms with Crippen molar-refractivity contribution in [3.8, 4) is 11.5 Å². The number of piperazine rings is 1. The summed E-state index contributed by atoms with van der Waals surface area (Å²) in [6, 6.07) is 13.3. The molecule has 0 atom stereocenters. The Morgan fingerprint density at radius 2 is 1.75 bits per heavy atom. The first-order valence-corrected chi connectivity index (χ1v) is 9.95. The van der Waals surface area contributed by atoms with Crippen LogP contribution in [-0.4, -0.2) is 55.1 Å². The van der Waals surface area contributed by atoms with Crippen molar-refractivity contribution >= 4 is 17.5 Å². The Labute approximate surface area is 171 Å². The van der Waals surface area contributed by atoms with Gasteiger partial charge >= 0.3 is 0 Å². The molecule has 1 amide bonds. The molecule has 1 fully saturated rings. The second kappa shape index (κ2) is 9.30. The molecule has 0 aliphatic carbocycles. The van der Waals surface area contributed by atoms with E-state index in [0.29, 0.717) is 29.4 Å². The molecule has 150 valence electrons. The van der Waals surface area contributed by atoms with Crippen LogP contribution in [0.2, 0.25) is 5.02 Å². The van der Waals surface area contributed by atoms with Gasteiger partial charge in [-0.25, -0.2) is 0 Å². The topological polar surface area (TPSA) is 42.0 Å². The van der Waals surface area contributed by atoms with Crippen LogP contribution >= 0.6 is 11.6 Å². The number of halogens is 1. The van der Waals surface area contributed by atoms with E-state index in [1.54, 1.807) is 25.3 Å². The fraction of sp³-hybridized carbons (Fsp3) is 0.409. The Bertz CT molecular complexity index is 800. The highest BCUT2D eigenvalue weighted by Gasteiger charge is 2.25. The highest BCUT2D eigenvalue weighted by Crippen LogP contribution is 2.26. The zero-order valence-corrected chi connectivity index (χ0v) is 17.4. The molecule has 0 bridgehead atoms. The summed E-state index contributed by atoms with van der Waals surface area (Å²) in [5, 5.41) is 0.539. The van der Waals surface area contributed by atoms with Gasteiger partial charge in [0.25, 0.3) is 5.91 Å². The van der Waals surface area contributed by atoms with Crippen molar-refractivity contribution in [1.82, 2.24) is 9.80 Å². The second-order valence-electron chi connectivity index (χ2n) is 7.22. The van der Waals surface area contributed by atoms with Crippen LogP contribution in [0.5, 0.6) is 11.5 Å². The summed E-state index contributed by atoms with van der Waals surface area (Å²) in [7, 11) is 1.67. The quantitative estimate of drug-likeness (QED) is 0.729. The Morgan fingerprint density at radius 3 is 2.36 bits per heavy atom. The van der Waals surface area contributed by atoms with Crippen LogP contribution in [0.25, 0.3) is 0 Å². The highest BCUT2D eigenvalue weighted by atomic mass is 35.5. The molecule has 0 N–H and O–H groups in total. The van der Waals surface area contributed by atoms with Crippen molar-refractivity contribution in [3.63, 3.8) is 0 Å². The van der Waals surface area contributed by atoms with Crippen molar-refractivity contribution < 1.29 is 14.3 Å². The molecule has 2 aromatic rings. The number of benzene rings is 2. The lowest BCUT2D eigenvalue weighted by Crippen LogP contribution is -2.48. The van der Waals surface area contributed by atoms with Crippen molar-refractivity contribution in [2.45, 2.75) is 26.5 Å². The molecule has 1 aliphatic rings. The largest absolute Gasteiger partial charge is 0.497 e. The van der Waals surface area contributed by atoms with Crippen LogP contribution in [0.3, 0.4) is 0 Å². The number of carbonyl (C=O) groups excluding carboxylic acids is 1. The van der Waals surface area contributed by atoms with E-state index in [0.717, 1.165) is 25.4 Å². The number of carbonyl (C=O) groups is 1. The van der Waals surface area contributed by atoms with Gasteiger partial charge in [0, 0.05) is 37.7 Å². The molecule has 6 heteroatoms. The number of nitrogens with zero attached hydrogens (tertiary/aromatic N) is 2. The van der Waals surface area contributed by atoms with Crippen molar-refractivity contribution in [3.05, 3.63) is 58.6 Å².